The van der Waals surface area contributed by atoms with E-state index >= 15 is 0 Å². The van der Waals surface area contributed by atoms with Gasteiger partial charge in [-0.05, 0) is 25.1 Å². The second-order valence-corrected chi connectivity index (χ2v) is 3.48. The molecule has 1 amide bonds. The number of benzene rings is 1. The molecule has 0 unspecified atom stereocenters. The molecule has 0 aliphatic carbocycles. The van der Waals surface area contributed by atoms with Crippen LogP contribution in [0.1, 0.15) is 6.92 Å². The van der Waals surface area contributed by atoms with Gasteiger partial charge in [-0.2, -0.15) is 10.1 Å². The number of hydrogen-bond acceptors (Lipinski definition) is 3. The van der Waals surface area contributed by atoms with E-state index in [1.165, 1.54) is 6.20 Å². The number of halogens is 1. The third kappa shape index (κ3) is 4.22. The predicted octanol–water partition coefficient (Wildman–Crippen LogP) is 2.35. The van der Waals surface area contributed by atoms with E-state index in [4.69, 9.17) is 4.74 Å². The summed E-state index contributed by atoms with van der Waals surface area (Å²) in [4.78, 5) is 14.9. The van der Waals surface area contributed by atoms with Crippen LogP contribution in [0.25, 0.3) is 5.69 Å². The quantitative estimate of drug-likeness (QED) is 0.848. The second kappa shape index (κ2) is 7.33. The number of hydrogen-bond donors (Lipinski definition) is 0. The summed E-state index contributed by atoms with van der Waals surface area (Å²) >= 11 is 0. The van der Waals surface area contributed by atoms with E-state index in [0.717, 1.165) is 5.69 Å². The van der Waals surface area contributed by atoms with Crippen molar-refractivity contribution >= 4 is 18.5 Å². The normalized spacial score (nSPS) is 10.7. The predicted molar refractivity (Wildman–Crippen MR) is 73.4 cm³/mol. The maximum atomic E-state index is 11.1. The summed E-state index contributed by atoms with van der Waals surface area (Å²) in [7, 11) is 0. The smallest absolute Gasteiger partial charge is 0.434 e. The Morgan fingerprint density at radius 3 is 2.63 bits per heavy atom. The van der Waals surface area contributed by atoms with Crippen molar-refractivity contribution < 1.29 is 9.53 Å². The van der Waals surface area contributed by atoms with Crippen LogP contribution < -0.4 is 5.36 Å². The standard InChI is InChI=1S/C13H13N3O2.ClH/c1-2-18-13(17)15-11-8-9-16(14-10-11)12-6-4-3-5-7-12;/h3-10H,2H2,1H3;1H. The maximum Gasteiger partial charge on any atom is 0.434 e. The minimum absolute atomic E-state index is 0. The number of ether oxygens (including phenoxy) is 1. The number of carbonyl (C=O) groups excluding carboxylic acids is 1. The van der Waals surface area contributed by atoms with E-state index in [0.29, 0.717) is 12.0 Å². The monoisotopic (exact) mass is 279 g/mol. The molecule has 100 valence electrons. The Labute approximate surface area is 117 Å². The molecule has 0 N–H and O–H groups in total. The van der Waals surface area contributed by atoms with Gasteiger partial charge in [0, 0.05) is 6.20 Å². The molecule has 0 fully saturated rings. The van der Waals surface area contributed by atoms with Gasteiger partial charge < -0.3 is 4.74 Å². The zero-order chi connectivity index (χ0) is 12.8. The first-order valence-electron chi connectivity index (χ1n) is 5.61. The van der Waals surface area contributed by atoms with Crippen LogP contribution in [0.2, 0.25) is 0 Å². The summed E-state index contributed by atoms with van der Waals surface area (Å²) < 4.78 is 6.42. The molecule has 0 saturated heterocycles. The molecule has 5 nitrogen and oxygen atoms in total. The molecule has 2 rings (SSSR count). The SMILES string of the molecule is CCOC(=O)N=c1ccn(-c2ccccc2)nc1.Cl. The van der Waals surface area contributed by atoms with Crippen molar-refractivity contribution in [1.29, 1.82) is 0 Å². The first kappa shape index (κ1) is 14.9. The molecule has 1 aromatic heterocycles. The summed E-state index contributed by atoms with van der Waals surface area (Å²) in [5.41, 5.74) is 0.945. The topological polar surface area (TPSA) is 56.5 Å². The van der Waals surface area contributed by atoms with Crippen LogP contribution in [0.5, 0.6) is 0 Å². The van der Waals surface area contributed by atoms with Crippen LogP contribution >= 0.6 is 12.4 Å². The number of nitrogens with zero attached hydrogens (tertiary/aromatic N) is 3. The Morgan fingerprint density at radius 1 is 1.32 bits per heavy atom. The summed E-state index contributed by atoms with van der Waals surface area (Å²) in [5.74, 6) is 0. The molecule has 1 aromatic carbocycles. The van der Waals surface area contributed by atoms with Gasteiger partial charge in [0.05, 0.1) is 23.8 Å². The molecule has 0 bridgehead atoms. The molecule has 0 atom stereocenters. The molecule has 2 aromatic rings. The van der Waals surface area contributed by atoms with Crippen molar-refractivity contribution in [2.45, 2.75) is 6.92 Å². The summed E-state index contributed by atoms with van der Waals surface area (Å²) in [6.07, 6.45) is 2.66. The lowest BCUT2D eigenvalue weighted by Gasteiger charge is -2.03. The lowest BCUT2D eigenvalue weighted by atomic mass is 10.3. The zero-order valence-corrected chi connectivity index (χ0v) is 11.2. The fourth-order valence-electron chi connectivity index (χ4n) is 1.41. The first-order valence-corrected chi connectivity index (χ1v) is 5.61. The number of rotatable bonds is 2. The van der Waals surface area contributed by atoms with Gasteiger partial charge in [-0.15, -0.1) is 12.4 Å². The highest BCUT2D eigenvalue weighted by Gasteiger charge is 1.97. The number of para-hydroxylation sites is 1. The fraction of sp³-hybridized carbons (Fsp3) is 0.154. The third-order valence-electron chi connectivity index (χ3n) is 2.21. The van der Waals surface area contributed by atoms with Crippen LogP contribution in [0.15, 0.2) is 53.8 Å². The van der Waals surface area contributed by atoms with Gasteiger partial charge >= 0.3 is 6.09 Å². The van der Waals surface area contributed by atoms with Crippen LogP contribution in [0, 0.1) is 0 Å². The second-order valence-electron chi connectivity index (χ2n) is 3.48. The lowest BCUT2D eigenvalue weighted by molar-refractivity contribution is 0.162. The number of carbonyl (C=O) groups is 1. The average molecular weight is 280 g/mol. The van der Waals surface area contributed by atoms with E-state index in [1.807, 2.05) is 30.3 Å². The van der Waals surface area contributed by atoms with E-state index < -0.39 is 6.09 Å². The van der Waals surface area contributed by atoms with Gasteiger partial charge in [-0.3, -0.25) is 0 Å². The van der Waals surface area contributed by atoms with Gasteiger partial charge in [-0.1, -0.05) is 18.2 Å². The Bertz CT molecular complexity index is 576. The van der Waals surface area contributed by atoms with Crippen LogP contribution in [0.3, 0.4) is 0 Å². The van der Waals surface area contributed by atoms with Gasteiger partial charge in [0.1, 0.15) is 0 Å². The Hall–Kier alpha value is -2.14. The largest absolute Gasteiger partial charge is 0.448 e. The summed E-state index contributed by atoms with van der Waals surface area (Å²) in [5, 5.41) is 4.65. The van der Waals surface area contributed by atoms with Gasteiger partial charge in [0.25, 0.3) is 0 Å². The number of amides is 1. The molecular weight excluding hydrogens is 266 g/mol. The van der Waals surface area contributed by atoms with E-state index in [2.05, 4.69) is 10.1 Å². The highest BCUT2D eigenvalue weighted by molar-refractivity contribution is 5.85. The summed E-state index contributed by atoms with van der Waals surface area (Å²) in [6, 6.07) is 11.4. The van der Waals surface area contributed by atoms with Crippen LogP contribution in [0.4, 0.5) is 4.79 Å². The Kier molecular flexibility index (Phi) is 5.75. The van der Waals surface area contributed by atoms with Crippen molar-refractivity contribution in [2.75, 3.05) is 6.61 Å². The minimum atomic E-state index is -0.600. The third-order valence-corrected chi connectivity index (χ3v) is 2.21. The van der Waals surface area contributed by atoms with Gasteiger partial charge in [-0.25, -0.2) is 9.48 Å². The average Bonchev–Trinajstić information content (AvgIpc) is 2.41. The van der Waals surface area contributed by atoms with Gasteiger partial charge in [0.15, 0.2) is 0 Å². The molecule has 1 heterocycles. The van der Waals surface area contributed by atoms with Crippen molar-refractivity contribution in [3.63, 3.8) is 0 Å². The molecule has 19 heavy (non-hydrogen) atoms. The van der Waals surface area contributed by atoms with Crippen molar-refractivity contribution in [1.82, 2.24) is 9.78 Å². The van der Waals surface area contributed by atoms with E-state index in [9.17, 15) is 4.79 Å². The highest BCUT2D eigenvalue weighted by Crippen LogP contribution is 2.02. The summed E-state index contributed by atoms with van der Waals surface area (Å²) in [6.45, 7) is 2.05. The Balaban J connectivity index is 0.00000180. The molecule has 0 aliphatic rings. The van der Waals surface area contributed by atoms with Crippen molar-refractivity contribution in [3.8, 4) is 5.69 Å². The number of aromatic nitrogens is 2. The molecule has 0 radical (unpaired) electrons. The van der Waals surface area contributed by atoms with E-state index in [1.54, 1.807) is 23.9 Å². The Morgan fingerprint density at radius 2 is 2.05 bits per heavy atom. The molecule has 0 saturated carbocycles. The lowest BCUT2D eigenvalue weighted by Crippen LogP contribution is -2.11. The highest BCUT2D eigenvalue weighted by atomic mass is 35.5. The molecule has 0 aliphatic heterocycles. The molecular formula is C13H14ClN3O2. The zero-order valence-electron chi connectivity index (χ0n) is 10.4. The van der Waals surface area contributed by atoms with Crippen LogP contribution in [-0.2, 0) is 4.74 Å². The van der Waals surface area contributed by atoms with E-state index in [-0.39, 0.29) is 12.4 Å². The maximum absolute atomic E-state index is 11.1. The van der Waals surface area contributed by atoms with Crippen LogP contribution in [-0.4, -0.2) is 22.5 Å². The minimum Gasteiger partial charge on any atom is -0.448 e. The first-order chi connectivity index (χ1) is 8.79. The fourth-order valence-corrected chi connectivity index (χ4v) is 1.41. The molecule has 6 heteroatoms. The van der Waals surface area contributed by atoms with Crippen molar-refractivity contribution in [3.05, 3.63) is 54.1 Å². The van der Waals surface area contributed by atoms with Gasteiger partial charge in [0.2, 0.25) is 0 Å². The van der Waals surface area contributed by atoms with Crippen molar-refractivity contribution in [2.24, 2.45) is 4.99 Å². The molecule has 0 spiro atoms.